The number of carbonyl (C=O) groups is 1. The van der Waals surface area contributed by atoms with Crippen molar-refractivity contribution < 1.29 is 14.8 Å². The normalized spacial score (nSPS) is 18.3. The summed E-state index contributed by atoms with van der Waals surface area (Å²) >= 11 is 0. The number of aliphatic hydroxyl groups is 1. The van der Waals surface area contributed by atoms with Crippen LogP contribution in [0.2, 0.25) is 0 Å². The Balaban J connectivity index is 2.15. The lowest BCUT2D eigenvalue weighted by molar-refractivity contribution is -0.384. The summed E-state index contributed by atoms with van der Waals surface area (Å²) in [6, 6.07) is 4.46. The molecule has 1 amide bonds. The molecule has 108 valence electrons. The topological polar surface area (TPSA) is 83.7 Å². The van der Waals surface area contributed by atoms with Crippen LogP contribution in [0.4, 0.5) is 5.69 Å². The van der Waals surface area contributed by atoms with E-state index in [4.69, 9.17) is 5.11 Å². The Morgan fingerprint density at radius 1 is 1.50 bits per heavy atom. The minimum absolute atomic E-state index is 0.0561. The zero-order chi connectivity index (χ0) is 14.7. The standard InChI is InChI=1S/C14H18N2O4/c1-10-6-12(8-13(7-10)16(19)20)14(18)15-4-2-11(9-15)3-5-17/h6-8,11,17H,2-5,9H2,1H3. The maximum absolute atomic E-state index is 12.4. The number of hydrogen-bond donors (Lipinski definition) is 1. The van der Waals surface area contributed by atoms with E-state index in [0.29, 0.717) is 36.6 Å². The fraction of sp³-hybridized carbons (Fsp3) is 0.500. The molecule has 6 heteroatoms. The highest BCUT2D eigenvalue weighted by Gasteiger charge is 2.27. The van der Waals surface area contributed by atoms with Gasteiger partial charge in [-0.1, -0.05) is 0 Å². The molecule has 0 spiro atoms. The van der Waals surface area contributed by atoms with Gasteiger partial charge in [0.1, 0.15) is 0 Å². The van der Waals surface area contributed by atoms with E-state index in [1.165, 1.54) is 12.1 Å². The number of aliphatic hydroxyl groups excluding tert-OH is 1. The predicted octanol–water partition coefficient (Wildman–Crippen LogP) is 1.75. The molecule has 0 bridgehead atoms. The summed E-state index contributed by atoms with van der Waals surface area (Å²) < 4.78 is 0. The molecular formula is C14H18N2O4. The lowest BCUT2D eigenvalue weighted by Gasteiger charge is -2.16. The Morgan fingerprint density at radius 3 is 2.90 bits per heavy atom. The van der Waals surface area contributed by atoms with Crippen LogP contribution in [0.3, 0.4) is 0 Å². The molecule has 1 unspecified atom stereocenters. The Labute approximate surface area is 117 Å². The quantitative estimate of drug-likeness (QED) is 0.671. The number of aryl methyl sites for hydroxylation is 1. The molecule has 20 heavy (non-hydrogen) atoms. The summed E-state index contributed by atoms with van der Waals surface area (Å²) in [7, 11) is 0. The number of amides is 1. The van der Waals surface area contributed by atoms with Crippen molar-refractivity contribution in [3.8, 4) is 0 Å². The number of rotatable bonds is 4. The molecule has 1 aliphatic heterocycles. The van der Waals surface area contributed by atoms with Crippen molar-refractivity contribution in [2.75, 3.05) is 19.7 Å². The van der Waals surface area contributed by atoms with Crippen molar-refractivity contribution in [3.05, 3.63) is 39.4 Å². The molecule has 0 aliphatic carbocycles. The van der Waals surface area contributed by atoms with Crippen LogP contribution in [0.1, 0.15) is 28.8 Å². The molecule has 0 aromatic heterocycles. The molecule has 0 radical (unpaired) electrons. The third kappa shape index (κ3) is 3.14. The van der Waals surface area contributed by atoms with Crippen molar-refractivity contribution in [2.45, 2.75) is 19.8 Å². The van der Waals surface area contributed by atoms with Gasteiger partial charge in [0.05, 0.1) is 4.92 Å². The highest BCUT2D eigenvalue weighted by Crippen LogP contribution is 2.23. The van der Waals surface area contributed by atoms with Crippen LogP contribution in [-0.4, -0.2) is 40.5 Å². The number of benzene rings is 1. The summed E-state index contributed by atoms with van der Waals surface area (Å²) in [5.41, 5.74) is 1.01. The highest BCUT2D eigenvalue weighted by molar-refractivity contribution is 5.95. The molecule has 1 fully saturated rings. The van der Waals surface area contributed by atoms with E-state index >= 15 is 0 Å². The van der Waals surface area contributed by atoms with Crippen LogP contribution in [-0.2, 0) is 0 Å². The second-order valence-electron chi connectivity index (χ2n) is 5.23. The first kappa shape index (κ1) is 14.5. The predicted molar refractivity (Wildman–Crippen MR) is 73.5 cm³/mol. The number of nitro benzene ring substituents is 1. The Hall–Kier alpha value is -1.95. The van der Waals surface area contributed by atoms with Crippen LogP contribution in [0.15, 0.2) is 18.2 Å². The highest BCUT2D eigenvalue weighted by atomic mass is 16.6. The SMILES string of the molecule is Cc1cc(C(=O)N2CCC(CCO)C2)cc([N+](=O)[O-])c1. The smallest absolute Gasteiger partial charge is 0.270 e. The van der Waals surface area contributed by atoms with Gasteiger partial charge in [-0.25, -0.2) is 0 Å². The third-order valence-corrected chi connectivity index (χ3v) is 3.63. The number of nitro groups is 1. The van der Waals surface area contributed by atoms with Crippen LogP contribution in [0, 0.1) is 23.0 Å². The van der Waals surface area contributed by atoms with E-state index in [-0.39, 0.29) is 18.2 Å². The van der Waals surface area contributed by atoms with Crippen molar-refractivity contribution >= 4 is 11.6 Å². The van der Waals surface area contributed by atoms with E-state index in [9.17, 15) is 14.9 Å². The van der Waals surface area contributed by atoms with Crippen LogP contribution in [0.25, 0.3) is 0 Å². The Kier molecular flexibility index (Phi) is 4.34. The molecule has 1 aromatic rings. The van der Waals surface area contributed by atoms with Gasteiger partial charge in [-0.15, -0.1) is 0 Å². The summed E-state index contributed by atoms with van der Waals surface area (Å²) in [4.78, 5) is 24.4. The van der Waals surface area contributed by atoms with Crippen molar-refractivity contribution in [3.63, 3.8) is 0 Å². The van der Waals surface area contributed by atoms with Gasteiger partial charge >= 0.3 is 0 Å². The second kappa shape index (κ2) is 6.00. The molecule has 1 aromatic carbocycles. The minimum atomic E-state index is -0.484. The van der Waals surface area contributed by atoms with Crippen molar-refractivity contribution in [2.24, 2.45) is 5.92 Å². The lowest BCUT2D eigenvalue weighted by Crippen LogP contribution is -2.28. The van der Waals surface area contributed by atoms with Gasteiger partial charge in [-0.3, -0.25) is 14.9 Å². The first-order chi connectivity index (χ1) is 9.51. The van der Waals surface area contributed by atoms with Gasteiger partial charge in [-0.05, 0) is 37.3 Å². The molecule has 1 N–H and O–H groups in total. The van der Waals surface area contributed by atoms with E-state index in [1.807, 2.05) is 0 Å². The third-order valence-electron chi connectivity index (χ3n) is 3.63. The van der Waals surface area contributed by atoms with Crippen molar-refractivity contribution in [1.82, 2.24) is 4.90 Å². The summed E-state index contributed by atoms with van der Waals surface area (Å²) in [5, 5.41) is 19.8. The monoisotopic (exact) mass is 278 g/mol. The van der Waals surface area contributed by atoms with Crippen LogP contribution < -0.4 is 0 Å². The van der Waals surface area contributed by atoms with Gasteiger partial charge in [-0.2, -0.15) is 0 Å². The van der Waals surface area contributed by atoms with Gasteiger partial charge in [0, 0.05) is 37.4 Å². The van der Waals surface area contributed by atoms with Crippen molar-refractivity contribution in [1.29, 1.82) is 0 Å². The average Bonchev–Trinajstić information content (AvgIpc) is 2.86. The summed E-state index contributed by atoms with van der Waals surface area (Å²) in [6.45, 7) is 3.12. The molecule has 1 aliphatic rings. The van der Waals surface area contributed by atoms with Gasteiger partial charge in [0.25, 0.3) is 11.6 Å². The number of carbonyl (C=O) groups excluding carboxylic acids is 1. The van der Waals surface area contributed by atoms with E-state index in [2.05, 4.69) is 0 Å². The fourth-order valence-corrected chi connectivity index (χ4v) is 2.61. The zero-order valence-corrected chi connectivity index (χ0v) is 11.4. The first-order valence-electron chi connectivity index (χ1n) is 6.67. The molecule has 2 rings (SSSR count). The number of nitrogens with zero attached hydrogens (tertiary/aromatic N) is 2. The molecule has 1 saturated heterocycles. The average molecular weight is 278 g/mol. The van der Waals surface area contributed by atoms with Crippen LogP contribution in [0.5, 0.6) is 0 Å². The number of likely N-dealkylation sites (tertiary alicyclic amines) is 1. The maximum atomic E-state index is 12.4. The first-order valence-corrected chi connectivity index (χ1v) is 6.67. The molecular weight excluding hydrogens is 260 g/mol. The van der Waals surface area contributed by atoms with E-state index in [0.717, 1.165) is 6.42 Å². The van der Waals surface area contributed by atoms with Crippen LogP contribution >= 0.6 is 0 Å². The summed E-state index contributed by atoms with van der Waals surface area (Å²) in [5.74, 6) is 0.154. The molecule has 6 nitrogen and oxygen atoms in total. The number of non-ortho nitro benzene ring substituents is 1. The fourth-order valence-electron chi connectivity index (χ4n) is 2.61. The molecule has 1 heterocycles. The molecule has 0 saturated carbocycles. The number of hydrogen-bond acceptors (Lipinski definition) is 4. The largest absolute Gasteiger partial charge is 0.396 e. The Bertz CT molecular complexity index is 530. The van der Waals surface area contributed by atoms with E-state index in [1.54, 1.807) is 17.9 Å². The maximum Gasteiger partial charge on any atom is 0.270 e. The lowest BCUT2D eigenvalue weighted by atomic mass is 10.1. The van der Waals surface area contributed by atoms with Gasteiger partial charge < -0.3 is 10.0 Å². The second-order valence-corrected chi connectivity index (χ2v) is 5.23. The van der Waals surface area contributed by atoms with Gasteiger partial charge in [0.15, 0.2) is 0 Å². The zero-order valence-electron chi connectivity index (χ0n) is 11.4. The Morgan fingerprint density at radius 2 is 2.25 bits per heavy atom. The summed E-state index contributed by atoms with van der Waals surface area (Å²) in [6.07, 6.45) is 1.57. The van der Waals surface area contributed by atoms with E-state index < -0.39 is 4.92 Å². The minimum Gasteiger partial charge on any atom is -0.396 e. The molecule has 1 atom stereocenters. The van der Waals surface area contributed by atoms with Gasteiger partial charge in [0.2, 0.25) is 0 Å².